The van der Waals surface area contributed by atoms with Crippen LogP contribution in [0, 0.1) is 6.92 Å². The van der Waals surface area contributed by atoms with Gasteiger partial charge in [0.2, 0.25) is 0 Å². The number of benzene rings is 1. The maximum Gasteiger partial charge on any atom is 0.338 e. The van der Waals surface area contributed by atoms with Gasteiger partial charge in [0.1, 0.15) is 0 Å². The number of carbonyl (C=O) groups excluding carboxylic acids is 1. The Bertz CT molecular complexity index is 686. The molecule has 0 fully saturated rings. The van der Waals surface area contributed by atoms with E-state index in [2.05, 4.69) is 15.6 Å². The van der Waals surface area contributed by atoms with Crippen molar-refractivity contribution < 1.29 is 9.53 Å². The van der Waals surface area contributed by atoms with Crippen molar-refractivity contribution in [1.82, 2.24) is 14.9 Å². The van der Waals surface area contributed by atoms with Gasteiger partial charge in [-0.25, -0.2) is 9.78 Å². The van der Waals surface area contributed by atoms with Crippen LogP contribution in [0.1, 0.15) is 29.3 Å². The van der Waals surface area contributed by atoms with Crippen LogP contribution in [-0.4, -0.2) is 33.8 Å². The number of nitrogens with one attached hydrogen (secondary N) is 2. The second-order valence-electron chi connectivity index (χ2n) is 5.29. The first kappa shape index (κ1) is 17.9. The Morgan fingerprint density at radius 3 is 2.96 bits per heavy atom. The predicted molar refractivity (Wildman–Crippen MR) is 98.2 cm³/mol. The first-order chi connectivity index (χ1) is 11.6. The van der Waals surface area contributed by atoms with Gasteiger partial charge < -0.3 is 19.9 Å². The fourth-order valence-corrected chi connectivity index (χ4v) is 2.36. The second kappa shape index (κ2) is 9.02. The van der Waals surface area contributed by atoms with Crippen molar-refractivity contribution in [2.45, 2.75) is 26.8 Å². The highest BCUT2D eigenvalue weighted by molar-refractivity contribution is 7.80. The number of ether oxygens (including phenoxy) is 1. The number of nitrogens with zero attached hydrogens (tertiary/aromatic N) is 2. The Morgan fingerprint density at radius 1 is 1.42 bits per heavy atom. The molecular formula is C17H22N4O2S. The average Bonchev–Trinajstić information content (AvgIpc) is 3.07. The molecule has 2 rings (SSSR count). The third-order valence-corrected chi connectivity index (χ3v) is 3.68. The molecule has 0 saturated carbocycles. The molecule has 7 heteroatoms. The van der Waals surface area contributed by atoms with Gasteiger partial charge in [0.15, 0.2) is 5.11 Å². The molecule has 0 aliphatic carbocycles. The molecule has 6 nitrogen and oxygen atoms in total. The standard InChI is InChI=1S/C17H22N4O2S/c1-3-23-16(22)14-6-5-13(2)15(11-14)20-17(24)19-7-4-9-21-10-8-18-12-21/h5-6,8,10-12H,3-4,7,9H2,1-2H3,(H2,19,20,24). The third kappa shape index (κ3) is 5.34. The van der Waals surface area contributed by atoms with Gasteiger partial charge in [-0.1, -0.05) is 6.07 Å². The fourth-order valence-electron chi connectivity index (χ4n) is 2.15. The summed E-state index contributed by atoms with van der Waals surface area (Å²) in [4.78, 5) is 15.8. The minimum Gasteiger partial charge on any atom is -0.462 e. The molecular weight excluding hydrogens is 324 g/mol. The van der Waals surface area contributed by atoms with Crippen molar-refractivity contribution in [3.8, 4) is 0 Å². The van der Waals surface area contributed by atoms with Crippen LogP contribution in [-0.2, 0) is 11.3 Å². The summed E-state index contributed by atoms with van der Waals surface area (Å²) < 4.78 is 7.04. The molecule has 0 aliphatic heterocycles. The van der Waals surface area contributed by atoms with Crippen molar-refractivity contribution in [1.29, 1.82) is 0 Å². The van der Waals surface area contributed by atoms with Crippen LogP contribution in [0.5, 0.6) is 0 Å². The minimum absolute atomic E-state index is 0.334. The van der Waals surface area contributed by atoms with E-state index in [4.69, 9.17) is 17.0 Å². The lowest BCUT2D eigenvalue weighted by atomic mass is 10.1. The summed E-state index contributed by atoms with van der Waals surface area (Å²) in [5.41, 5.74) is 2.31. The summed E-state index contributed by atoms with van der Waals surface area (Å²) in [5, 5.41) is 6.83. The van der Waals surface area contributed by atoms with Crippen LogP contribution >= 0.6 is 12.2 Å². The molecule has 2 aromatic rings. The van der Waals surface area contributed by atoms with Gasteiger partial charge in [-0.05, 0) is 50.2 Å². The van der Waals surface area contributed by atoms with Gasteiger partial charge in [-0.15, -0.1) is 0 Å². The number of carbonyl (C=O) groups is 1. The van der Waals surface area contributed by atoms with Gasteiger partial charge in [0.25, 0.3) is 0 Å². The molecule has 24 heavy (non-hydrogen) atoms. The number of aromatic nitrogens is 2. The van der Waals surface area contributed by atoms with Crippen molar-refractivity contribution >= 4 is 29.0 Å². The zero-order chi connectivity index (χ0) is 17.4. The van der Waals surface area contributed by atoms with Crippen molar-refractivity contribution in [3.05, 3.63) is 48.0 Å². The van der Waals surface area contributed by atoms with Crippen LogP contribution in [0.2, 0.25) is 0 Å². The van der Waals surface area contributed by atoms with E-state index < -0.39 is 0 Å². The highest BCUT2D eigenvalue weighted by atomic mass is 32.1. The smallest absolute Gasteiger partial charge is 0.338 e. The number of aryl methyl sites for hydroxylation is 2. The largest absolute Gasteiger partial charge is 0.462 e. The molecule has 128 valence electrons. The normalized spacial score (nSPS) is 10.2. The maximum absolute atomic E-state index is 11.8. The van der Waals surface area contributed by atoms with Gasteiger partial charge in [-0.3, -0.25) is 0 Å². The minimum atomic E-state index is -0.334. The average molecular weight is 346 g/mol. The highest BCUT2D eigenvalue weighted by Crippen LogP contribution is 2.17. The lowest BCUT2D eigenvalue weighted by Gasteiger charge is -2.13. The molecule has 0 amide bonds. The first-order valence-corrected chi connectivity index (χ1v) is 8.29. The summed E-state index contributed by atoms with van der Waals surface area (Å²) >= 11 is 5.31. The number of thiocarbonyl (C=S) groups is 1. The molecule has 1 aromatic carbocycles. The lowest BCUT2D eigenvalue weighted by molar-refractivity contribution is 0.0526. The van der Waals surface area contributed by atoms with Crippen LogP contribution < -0.4 is 10.6 Å². The first-order valence-electron chi connectivity index (χ1n) is 7.88. The van der Waals surface area contributed by atoms with E-state index in [1.807, 2.05) is 23.8 Å². The van der Waals surface area contributed by atoms with Crippen molar-refractivity contribution in [2.75, 3.05) is 18.5 Å². The molecule has 0 atom stereocenters. The molecule has 1 heterocycles. The summed E-state index contributed by atoms with van der Waals surface area (Å²) in [6.07, 6.45) is 6.42. The van der Waals surface area contributed by atoms with Gasteiger partial charge in [0, 0.05) is 31.2 Å². The Balaban J connectivity index is 1.84. The van der Waals surface area contributed by atoms with E-state index in [0.717, 1.165) is 30.8 Å². The number of imidazole rings is 1. The van der Waals surface area contributed by atoms with E-state index >= 15 is 0 Å². The molecule has 1 aromatic heterocycles. The van der Waals surface area contributed by atoms with E-state index in [0.29, 0.717) is 17.3 Å². The molecule has 0 bridgehead atoms. The Morgan fingerprint density at radius 2 is 2.25 bits per heavy atom. The van der Waals surface area contributed by atoms with E-state index in [1.54, 1.807) is 31.6 Å². The molecule has 0 saturated heterocycles. The van der Waals surface area contributed by atoms with Crippen molar-refractivity contribution in [3.63, 3.8) is 0 Å². The zero-order valence-electron chi connectivity index (χ0n) is 13.9. The monoisotopic (exact) mass is 346 g/mol. The summed E-state index contributed by atoms with van der Waals surface area (Å²) in [6, 6.07) is 5.38. The number of rotatable bonds is 7. The topological polar surface area (TPSA) is 68.2 Å². The molecule has 0 spiro atoms. The summed E-state index contributed by atoms with van der Waals surface area (Å²) in [6.45, 7) is 5.73. The SMILES string of the molecule is CCOC(=O)c1ccc(C)c(NC(=S)NCCCn2ccnc2)c1. The zero-order valence-corrected chi connectivity index (χ0v) is 14.7. The Labute approximate surface area is 147 Å². The molecule has 0 radical (unpaired) electrons. The van der Waals surface area contributed by atoms with E-state index in [9.17, 15) is 4.79 Å². The number of esters is 1. The number of hydrogen-bond donors (Lipinski definition) is 2. The van der Waals surface area contributed by atoms with Crippen LogP contribution in [0.15, 0.2) is 36.9 Å². The third-order valence-electron chi connectivity index (χ3n) is 3.43. The fraction of sp³-hybridized carbons (Fsp3) is 0.353. The van der Waals surface area contributed by atoms with Crippen LogP contribution in [0.25, 0.3) is 0 Å². The highest BCUT2D eigenvalue weighted by Gasteiger charge is 2.09. The van der Waals surface area contributed by atoms with Gasteiger partial charge >= 0.3 is 5.97 Å². The van der Waals surface area contributed by atoms with Gasteiger partial charge in [0.05, 0.1) is 18.5 Å². The predicted octanol–water partition coefficient (Wildman–Crippen LogP) is 2.74. The van der Waals surface area contributed by atoms with E-state index in [1.165, 1.54) is 0 Å². The van der Waals surface area contributed by atoms with Gasteiger partial charge in [-0.2, -0.15) is 0 Å². The maximum atomic E-state index is 11.8. The Kier molecular flexibility index (Phi) is 6.74. The van der Waals surface area contributed by atoms with Crippen LogP contribution in [0.4, 0.5) is 5.69 Å². The number of anilines is 1. The quantitative estimate of drug-likeness (QED) is 0.456. The molecule has 0 unspecified atom stereocenters. The van der Waals surface area contributed by atoms with Crippen LogP contribution in [0.3, 0.4) is 0 Å². The summed E-state index contributed by atoms with van der Waals surface area (Å²) in [7, 11) is 0. The number of hydrogen-bond acceptors (Lipinski definition) is 4. The summed E-state index contributed by atoms with van der Waals surface area (Å²) in [5.74, 6) is -0.334. The second-order valence-corrected chi connectivity index (χ2v) is 5.69. The van der Waals surface area contributed by atoms with Crippen molar-refractivity contribution in [2.24, 2.45) is 0 Å². The molecule has 2 N–H and O–H groups in total. The lowest BCUT2D eigenvalue weighted by Crippen LogP contribution is -2.30. The Hall–Kier alpha value is -2.41. The van der Waals surface area contributed by atoms with E-state index in [-0.39, 0.29) is 5.97 Å². The molecule has 0 aliphatic rings.